The third-order valence-corrected chi connectivity index (χ3v) is 4.30. The van der Waals surface area contributed by atoms with Gasteiger partial charge in [0.1, 0.15) is 18.0 Å². The predicted molar refractivity (Wildman–Crippen MR) is 106 cm³/mol. The molecule has 12 heteroatoms. The lowest BCUT2D eigenvalue weighted by Gasteiger charge is -2.12. The average Bonchev–Trinajstić information content (AvgIpc) is 2.64. The van der Waals surface area contributed by atoms with Gasteiger partial charge in [-0.3, -0.25) is 9.59 Å². The number of hydrogen-bond donors (Lipinski definition) is 0. The third kappa shape index (κ3) is 16.3. The van der Waals surface area contributed by atoms with Crippen LogP contribution in [-0.4, -0.2) is 44.9 Å². The van der Waals surface area contributed by atoms with Gasteiger partial charge in [-0.2, -0.15) is 21.6 Å². The SMILES string of the molecule is CCCCC(=CC(=O)OCC)OS(=O)(=O)C(F)(F)F.CCCCC(=O)CC(=O)OCC. The fraction of sp³-hybridized carbons (Fsp3) is 0.737. The standard InChI is InChI=1S/C10H15F3O5S.C9H16O3/c1-3-5-6-8(7-9(14)17-4-2)18-19(15,16)10(11,12)13;1-3-5-6-8(10)7-9(11)12-4-2/h7H,3-6H2,1-2H3;3-7H2,1-2H3. The Hall–Kier alpha value is -2.11. The van der Waals surface area contributed by atoms with Gasteiger partial charge < -0.3 is 13.7 Å². The number of Topliss-reactive ketones (excluding diaryl/α,β-unsaturated/α-hetero) is 1. The van der Waals surface area contributed by atoms with E-state index in [1.54, 1.807) is 13.8 Å². The highest BCUT2D eigenvalue weighted by molar-refractivity contribution is 7.87. The number of carbonyl (C=O) groups is 3. The van der Waals surface area contributed by atoms with Crippen LogP contribution in [0.3, 0.4) is 0 Å². The second-order valence-corrected chi connectivity index (χ2v) is 7.61. The lowest BCUT2D eigenvalue weighted by atomic mass is 10.1. The van der Waals surface area contributed by atoms with E-state index in [4.69, 9.17) is 0 Å². The van der Waals surface area contributed by atoms with E-state index in [1.165, 1.54) is 6.92 Å². The summed E-state index contributed by atoms with van der Waals surface area (Å²) in [5.74, 6) is -1.96. The molecule has 0 radical (unpaired) electrons. The zero-order valence-corrected chi connectivity index (χ0v) is 19.1. The minimum absolute atomic E-state index is 0.0163. The molecule has 0 rings (SSSR count). The number of esters is 2. The zero-order chi connectivity index (χ0) is 24.5. The van der Waals surface area contributed by atoms with E-state index in [9.17, 15) is 36.0 Å². The first-order chi connectivity index (χ1) is 14.3. The maximum Gasteiger partial charge on any atom is 0.534 e. The number of unbranched alkanes of at least 4 members (excludes halogenated alkanes) is 2. The van der Waals surface area contributed by atoms with Crippen molar-refractivity contribution in [1.82, 2.24) is 0 Å². The van der Waals surface area contributed by atoms with E-state index >= 15 is 0 Å². The summed E-state index contributed by atoms with van der Waals surface area (Å²) in [5.41, 5.74) is -5.53. The van der Waals surface area contributed by atoms with Crippen molar-refractivity contribution < 1.29 is 49.6 Å². The first-order valence-electron chi connectivity index (χ1n) is 9.89. The number of ketones is 1. The molecular weight excluding hydrogens is 445 g/mol. The molecule has 0 aromatic rings. The maximum absolute atomic E-state index is 12.1. The Morgan fingerprint density at radius 3 is 1.84 bits per heavy atom. The van der Waals surface area contributed by atoms with E-state index < -0.39 is 33.3 Å². The van der Waals surface area contributed by atoms with Crippen molar-refractivity contribution in [3.63, 3.8) is 0 Å². The van der Waals surface area contributed by atoms with Crippen molar-refractivity contribution in [2.45, 2.75) is 78.1 Å². The zero-order valence-electron chi connectivity index (χ0n) is 18.2. The summed E-state index contributed by atoms with van der Waals surface area (Å²) in [6.45, 7) is 7.36. The largest absolute Gasteiger partial charge is 0.534 e. The van der Waals surface area contributed by atoms with Crippen LogP contribution >= 0.6 is 0 Å². The molecule has 0 bridgehead atoms. The van der Waals surface area contributed by atoms with Gasteiger partial charge >= 0.3 is 27.6 Å². The van der Waals surface area contributed by atoms with Gasteiger partial charge in [0.15, 0.2) is 0 Å². The fourth-order valence-electron chi connectivity index (χ4n) is 1.83. The number of rotatable bonds is 13. The topological polar surface area (TPSA) is 113 Å². The van der Waals surface area contributed by atoms with Crippen molar-refractivity contribution in [2.75, 3.05) is 13.2 Å². The van der Waals surface area contributed by atoms with Gasteiger partial charge in [-0.15, -0.1) is 0 Å². The molecule has 0 aromatic heterocycles. The van der Waals surface area contributed by atoms with Crippen LogP contribution in [0.15, 0.2) is 11.8 Å². The Labute approximate surface area is 181 Å². The van der Waals surface area contributed by atoms with E-state index in [-0.39, 0.29) is 25.2 Å². The molecule has 182 valence electrons. The number of alkyl halides is 3. The van der Waals surface area contributed by atoms with Crippen LogP contribution < -0.4 is 0 Å². The summed E-state index contributed by atoms with van der Waals surface area (Å²) in [6.07, 6.45) is 3.75. The highest BCUT2D eigenvalue weighted by Crippen LogP contribution is 2.27. The van der Waals surface area contributed by atoms with Crippen LogP contribution in [0.1, 0.15) is 72.6 Å². The van der Waals surface area contributed by atoms with E-state index in [2.05, 4.69) is 13.7 Å². The summed E-state index contributed by atoms with van der Waals surface area (Å²) in [4.78, 5) is 32.9. The van der Waals surface area contributed by atoms with Gasteiger partial charge in [-0.05, 0) is 26.7 Å². The molecule has 0 N–H and O–H groups in total. The fourth-order valence-corrected chi connectivity index (χ4v) is 2.34. The van der Waals surface area contributed by atoms with Gasteiger partial charge in [0, 0.05) is 12.8 Å². The second-order valence-electron chi connectivity index (χ2n) is 6.07. The van der Waals surface area contributed by atoms with Gasteiger partial charge in [0.2, 0.25) is 0 Å². The van der Waals surface area contributed by atoms with Crippen LogP contribution in [0.4, 0.5) is 13.2 Å². The summed E-state index contributed by atoms with van der Waals surface area (Å²) in [6, 6.07) is 0. The molecule has 0 saturated heterocycles. The molecule has 0 heterocycles. The number of halogens is 3. The molecule has 8 nitrogen and oxygen atoms in total. The molecule has 0 aromatic carbocycles. The number of carbonyl (C=O) groups excluding carboxylic acids is 3. The summed E-state index contributed by atoms with van der Waals surface area (Å²) < 4.78 is 71.1. The van der Waals surface area contributed by atoms with Gasteiger partial charge in [0.05, 0.1) is 19.3 Å². The monoisotopic (exact) mass is 476 g/mol. The molecule has 0 unspecified atom stereocenters. The highest BCUT2D eigenvalue weighted by Gasteiger charge is 2.48. The Morgan fingerprint density at radius 1 is 0.871 bits per heavy atom. The smallest absolute Gasteiger partial charge is 0.466 e. The Morgan fingerprint density at radius 2 is 1.39 bits per heavy atom. The van der Waals surface area contributed by atoms with Crippen molar-refractivity contribution in [3.05, 3.63) is 11.8 Å². The second kappa shape index (κ2) is 16.6. The number of hydrogen-bond acceptors (Lipinski definition) is 8. The van der Waals surface area contributed by atoms with E-state index in [0.29, 0.717) is 31.9 Å². The first kappa shape index (κ1) is 31.1. The molecule has 0 aliphatic rings. The minimum atomic E-state index is -5.76. The van der Waals surface area contributed by atoms with E-state index in [1.807, 2.05) is 6.92 Å². The maximum atomic E-state index is 12.1. The van der Waals surface area contributed by atoms with Crippen molar-refractivity contribution in [2.24, 2.45) is 0 Å². The summed E-state index contributed by atoms with van der Waals surface area (Å²) >= 11 is 0. The molecule has 0 aliphatic heterocycles. The predicted octanol–water partition coefficient (Wildman–Crippen LogP) is 4.19. The molecule has 0 amide bonds. The Bertz CT molecular complexity index is 685. The van der Waals surface area contributed by atoms with Crippen LogP contribution in [-0.2, 0) is 38.2 Å². The summed E-state index contributed by atoms with van der Waals surface area (Å²) in [7, 11) is -5.76. The third-order valence-electron chi connectivity index (χ3n) is 3.30. The average molecular weight is 477 g/mol. The molecule has 31 heavy (non-hydrogen) atoms. The quantitative estimate of drug-likeness (QED) is 0.0971. The highest BCUT2D eigenvalue weighted by atomic mass is 32.2. The first-order valence-corrected chi connectivity index (χ1v) is 11.3. The molecule has 0 atom stereocenters. The summed E-state index contributed by atoms with van der Waals surface area (Å²) in [5, 5.41) is 0. The molecular formula is C19H31F3O8S. The van der Waals surface area contributed by atoms with Crippen molar-refractivity contribution in [3.8, 4) is 0 Å². The van der Waals surface area contributed by atoms with Crippen LogP contribution in [0.2, 0.25) is 0 Å². The minimum Gasteiger partial charge on any atom is -0.466 e. The van der Waals surface area contributed by atoms with Crippen molar-refractivity contribution >= 4 is 27.8 Å². The van der Waals surface area contributed by atoms with Gasteiger partial charge in [-0.1, -0.05) is 26.7 Å². The number of allylic oxidation sites excluding steroid dienone is 1. The molecule has 0 saturated carbocycles. The van der Waals surface area contributed by atoms with Crippen molar-refractivity contribution in [1.29, 1.82) is 0 Å². The Balaban J connectivity index is 0. The normalized spacial score (nSPS) is 11.8. The van der Waals surface area contributed by atoms with Gasteiger partial charge in [0.25, 0.3) is 0 Å². The molecule has 0 spiro atoms. The molecule has 0 aliphatic carbocycles. The van der Waals surface area contributed by atoms with Crippen LogP contribution in [0.5, 0.6) is 0 Å². The molecule has 0 fully saturated rings. The number of ether oxygens (including phenoxy) is 2. The van der Waals surface area contributed by atoms with Gasteiger partial charge in [-0.25, -0.2) is 4.79 Å². The lowest BCUT2D eigenvalue weighted by Crippen LogP contribution is -2.25. The lowest BCUT2D eigenvalue weighted by molar-refractivity contribution is -0.145. The van der Waals surface area contributed by atoms with Crippen LogP contribution in [0, 0.1) is 0 Å². The van der Waals surface area contributed by atoms with Crippen LogP contribution in [0.25, 0.3) is 0 Å². The van der Waals surface area contributed by atoms with E-state index in [0.717, 1.165) is 12.8 Å². The Kier molecular flexibility index (Phi) is 16.6.